The Morgan fingerprint density at radius 2 is 1.45 bits per heavy atom. The molecule has 1 atom stereocenters. The summed E-state index contributed by atoms with van der Waals surface area (Å²) in [5.41, 5.74) is 3.19. The third-order valence-corrected chi connectivity index (χ3v) is 6.87. The summed E-state index contributed by atoms with van der Waals surface area (Å²) in [5.74, 6) is -0.878. The minimum Gasteiger partial charge on any atom is -0.462 e. The fourth-order valence-electron chi connectivity index (χ4n) is 4.42. The number of nitrogens with one attached hydrogen (secondary N) is 1. The minimum atomic E-state index is -0.680. The Kier molecular flexibility index (Phi) is 9.21. The van der Waals surface area contributed by atoms with E-state index in [1.165, 1.54) is 0 Å². The molecule has 1 aliphatic rings. The molecule has 1 heterocycles. The number of thiocarbonyl (C=S) groups is 1. The van der Waals surface area contributed by atoms with E-state index < -0.39 is 12.0 Å². The zero-order valence-corrected chi connectivity index (χ0v) is 22.2. The summed E-state index contributed by atoms with van der Waals surface area (Å²) in [4.78, 5) is 41.9. The van der Waals surface area contributed by atoms with E-state index in [4.69, 9.17) is 17.0 Å². The van der Waals surface area contributed by atoms with Crippen molar-refractivity contribution >= 4 is 40.8 Å². The van der Waals surface area contributed by atoms with Crippen LogP contribution in [0, 0.1) is 0 Å². The van der Waals surface area contributed by atoms with Crippen LogP contribution in [0.2, 0.25) is 0 Å². The molecule has 1 N–H and O–H groups in total. The third-order valence-electron chi connectivity index (χ3n) is 6.41. The van der Waals surface area contributed by atoms with E-state index in [0.717, 1.165) is 11.1 Å². The molecule has 3 aromatic rings. The molecular formula is C30H31N3O4S. The maximum atomic E-state index is 13.5. The van der Waals surface area contributed by atoms with Crippen LogP contribution in [0.5, 0.6) is 0 Å². The van der Waals surface area contributed by atoms with Crippen molar-refractivity contribution in [2.24, 2.45) is 0 Å². The van der Waals surface area contributed by atoms with Gasteiger partial charge in [0, 0.05) is 18.8 Å². The van der Waals surface area contributed by atoms with Crippen LogP contribution in [0.25, 0.3) is 0 Å². The second-order valence-corrected chi connectivity index (χ2v) is 9.37. The molecule has 4 rings (SSSR count). The Bertz CT molecular complexity index is 1270. The first kappa shape index (κ1) is 27.0. The number of hydrogen-bond acceptors (Lipinski definition) is 5. The largest absolute Gasteiger partial charge is 0.462 e. The molecule has 0 unspecified atom stereocenters. The first-order valence-electron chi connectivity index (χ1n) is 12.7. The Balaban J connectivity index is 1.44. The maximum absolute atomic E-state index is 13.5. The van der Waals surface area contributed by atoms with Crippen LogP contribution in [-0.4, -0.2) is 58.4 Å². The van der Waals surface area contributed by atoms with E-state index in [-0.39, 0.29) is 24.8 Å². The summed E-state index contributed by atoms with van der Waals surface area (Å²) in [6.45, 7) is 3.02. The minimum absolute atomic E-state index is 0.0325. The van der Waals surface area contributed by atoms with Gasteiger partial charge in [0.25, 0.3) is 5.91 Å². The third kappa shape index (κ3) is 6.83. The van der Waals surface area contributed by atoms with Gasteiger partial charge in [-0.1, -0.05) is 60.7 Å². The molecule has 3 aromatic carbocycles. The van der Waals surface area contributed by atoms with Crippen molar-refractivity contribution in [1.29, 1.82) is 0 Å². The number of ether oxygens (including phenoxy) is 1. The van der Waals surface area contributed by atoms with Gasteiger partial charge in [0.15, 0.2) is 5.11 Å². The predicted octanol–water partition coefficient (Wildman–Crippen LogP) is 4.48. The molecule has 0 aromatic heterocycles. The van der Waals surface area contributed by atoms with Gasteiger partial charge in [-0.15, -0.1) is 0 Å². The van der Waals surface area contributed by atoms with Crippen molar-refractivity contribution in [2.75, 3.05) is 25.0 Å². The SMILES string of the molecule is CCOC(=O)c1ccc(NC(=O)C[C@@H]2C(=O)N(CCc3ccccc3)C(=S)N2CCc2ccccc2)cc1. The lowest BCUT2D eigenvalue weighted by Crippen LogP contribution is -2.39. The fraction of sp³-hybridized carbons (Fsp3) is 0.267. The number of rotatable bonds is 11. The quantitative estimate of drug-likeness (QED) is 0.292. The smallest absolute Gasteiger partial charge is 0.338 e. The van der Waals surface area contributed by atoms with Gasteiger partial charge >= 0.3 is 5.97 Å². The number of carbonyl (C=O) groups excluding carboxylic acids is 3. The summed E-state index contributed by atoms with van der Waals surface area (Å²) in [6, 6.07) is 25.7. The Morgan fingerprint density at radius 3 is 2.03 bits per heavy atom. The molecule has 196 valence electrons. The lowest BCUT2D eigenvalue weighted by molar-refractivity contribution is -0.130. The molecule has 38 heavy (non-hydrogen) atoms. The Morgan fingerprint density at radius 1 is 0.868 bits per heavy atom. The van der Waals surface area contributed by atoms with Crippen molar-refractivity contribution in [3.05, 3.63) is 102 Å². The van der Waals surface area contributed by atoms with Gasteiger partial charge in [-0.2, -0.15) is 0 Å². The molecule has 0 spiro atoms. The molecule has 0 saturated carbocycles. The van der Waals surface area contributed by atoms with Crippen LogP contribution in [0.1, 0.15) is 34.8 Å². The van der Waals surface area contributed by atoms with Gasteiger partial charge in [0.1, 0.15) is 6.04 Å². The molecule has 0 radical (unpaired) electrons. The second kappa shape index (κ2) is 13.0. The number of esters is 1. The standard InChI is InChI=1S/C30H31N3O4S/c1-2-37-29(36)24-13-15-25(16-14-24)31-27(34)21-26-28(35)33(20-18-23-11-7-4-8-12-23)30(38)32(26)19-17-22-9-5-3-6-10-22/h3-16,26H,2,17-21H2,1H3,(H,31,34)/t26-/m1/s1. The first-order chi connectivity index (χ1) is 18.5. The van der Waals surface area contributed by atoms with E-state index in [9.17, 15) is 14.4 Å². The average Bonchev–Trinajstić information content (AvgIpc) is 3.15. The van der Waals surface area contributed by atoms with Gasteiger partial charge in [-0.3, -0.25) is 14.5 Å². The zero-order valence-electron chi connectivity index (χ0n) is 21.3. The van der Waals surface area contributed by atoms with Crippen LogP contribution >= 0.6 is 12.2 Å². The number of benzene rings is 3. The molecule has 1 aliphatic heterocycles. The highest BCUT2D eigenvalue weighted by atomic mass is 32.1. The molecule has 8 heteroatoms. The zero-order chi connectivity index (χ0) is 26.9. The lowest BCUT2D eigenvalue weighted by atomic mass is 10.1. The average molecular weight is 530 g/mol. The van der Waals surface area contributed by atoms with Gasteiger partial charge in [0.2, 0.25) is 5.91 Å². The normalized spacial score (nSPS) is 15.0. The van der Waals surface area contributed by atoms with Crippen LogP contribution in [0.3, 0.4) is 0 Å². The summed E-state index contributed by atoms with van der Waals surface area (Å²) in [6.07, 6.45) is 1.34. The van der Waals surface area contributed by atoms with Gasteiger partial charge in [-0.25, -0.2) is 4.79 Å². The molecule has 1 saturated heterocycles. The van der Waals surface area contributed by atoms with Gasteiger partial charge < -0.3 is 15.0 Å². The fourth-order valence-corrected chi connectivity index (χ4v) is 4.82. The van der Waals surface area contributed by atoms with Gasteiger partial charge in [-0.05, 0) is 67.4 Å². The van der Waals surface area contributed by atoms with Crippen molar-refractivity contribution in [3.63, 3.8) is 0 Å². The highest BCUT2D eigenvalue weighted by Crippen LogP contribution is 2.23. The van der Waals surface area contributed by atoms with Crippen LogP contribution in [0.4, 0.5) is 5.69 Å². The summed E-state index contributed by atoms with van der Waals surface area (Å²) >= 11 is 5.75. The van der Waals surface area contributed by atoms with Crippen LogP contribution in [0.15, 0.2) is 84.9 Å². The predicted molar refractivity (Wildman–Crippen MR) is 151 cm³/mol. The Labute approximate surface area is 228 Å². The lowest BCUT2D eigenvalue weighted by Gasteiger charge is -2.24. The van der Waals surface area contributed by atoms with Gasteiger partial charge in [0.05, 0.1) is 18.6 Å². The number of anilines is 1. The van der Waals surface area contributed by atoms with E-state index >= 15 is 0 Å². The Hall–Kier alpha value is -4.04. The molecule has 2 amide bonds. The highest BCUT2D eigenvalue weighted by Gasteiger charge is 2.42. The molecule has 0 bridgehead atoms. The summed E-state index contributed by atoms with van der Waals surface area (Å²) < 4.78 is 5.00. The molecule has 1 fully saturated rings. The first-order valence-corrected chi connectivity index (χ1v) is 13.1. The van der Waals surface area contributed by atoms with Crippen LogP contribution < -0.4 is 5.32 Å². The molecule has 0 aliphatic carbocycles. The van der Waals surface area contributed by atoms with E-state index in [0.29, 0.717) is 42.3 Å². The summed E-state index contributed by atoms with van der Waals surface area (Å²) in [5, 5.41) is 3.29. The van der Waals surface area contributed by atoms with E-state index in [1.807, 2.05) is 65.6 Å². The number of carbonyl (C=O) groups is 3. The number of amides is 2. The van der Waals surface area contributed by atoms with Crippen molar-refractivity contribution in [2.45, 2.75) is 32.2 Å². The van der Waals surface area contributed by atoms with Crippen molar-refractivity contribution in [1.82, 2.24) is 9.80 Å². The second-order valence-electron chi connectivity index (χ2n) is 9.00. The molecule has 7 nitrogen and oxygen atoms in total. The van der Waals surface area contributed by atoms with Crippen molar-refractivity contribution < 1.29 is 19.1 Å². The van der Waals surface area contributed by atoms with E-state index in [1.54, 1.807) is 36.1 Å². The van der Waals surface area contributed by atoms with Crippen molar-refractivity contribution in [3.8, 4) is 0 Å². The topological polar surface area (TPSA) is 78.9 Å². The molecular weight excluding hydrogens is 498 g/mol. The van der Waals surface area contributed by atoms with Crippen LogP contribution in [-0.2, 0) is 27.2 Å². The highest BCUT2D eigenvalue weighted by molar-refractivity contribution is 7.80. The number of nitrogens with zero attached hydrogens (tertiary/aromatic N) is 2. The maximum Gasteiger partial charge on any atom is 0.338 e. The number of hydrogen-bond donors (Lipinski definition) is 1. The monoisotopic (exact) mass is 529 g/mol. The summed E-state index contributed by atoms with van der Waals surface area (Å²) in [7, 11) is 0. The van der Waals surface area contributed by atoms with E-state index in [2.05, 4.69) is 5.32 Å².